The molecular formula is C14H20F2N4O3. The molecule has 0 aliphatic carbocycles. The molecule has 4 amide bonds. The van der Waals surface area contributed by atoms with Crippen LogP contribution in [0.1, 0.15) is 0 Å². The summed E-state index contributed by atoms with van der Waals surface area (Å²) in [6.45, 7) is 0.423. The van der Waals surface area contributed by atoms with Gasteiger partial charge in [0.1, 0.15) is 0 Å². The zero-order valence-corrected chi connectivity index (χ0v) is 13.4. The van der Waals surface area contributed by atoms with E-state index in [4.69, 9.17) is 0 Å². The van der Waals surface area contributed by atoms with Crippen LogP contribution in [-0.2, 0) is 0 Å². The lowest BCUT2D eigenvalue weighted by atomic mass is 10.2. The van der Waals surface area contributed by atoms with Crippen molar-refractivity contribution in [3.63, 3.8) is 0 Å². The number of carbonyl (C=O) groups excluding carboxylic acids is 2. The minimum absolute atomic E-state index is 0.200. The molecule has 1 aromatic rings. The Morgan fingerprint density at radius 2 is 1.78 bits per heavy atom. The average molecular weight is 330 g/mol. The first-order chi connectivity index (χ1) is 10.8. The number of hydrogen-bond donors (Lipinski definition) is 2. The Labute approximate surface area is 133 Å². The van der Waals surface area contributed by atoms with Crippen molar-refractivity contribution in [3.05, 3.63) is 23.8 Å². The second-order valence-electron chi connectivity index (χ2n) is 4.94. The number of anilines is 1. The Balaban J connectivity index is 2.58. The van der Waals surface area contributed by atoms with Gasteiger partial charge in [0.05, 0.1) is 12.8 Å². The van der Waals surface area contributed by atoms with Gasteiger partial charge in [-0.1, -0.05) is 0 Å². The van der Waals surface area contributed by atoms with Gasteiger partial charge in [-0.15, -0.1) is 0 Å². The van der Waals surface area contributed by atoms with Gasteiger partial charge in [-0.2, -0.15) is 0 Å². The van der Waals surface area contributed by atoms with Crippen molar-refractivity contribution >= 4 is 17.7 Å². The van der Waals surface area contributed by atoms with Crippen LogP contribution in [0, 0.1) is 11.6 Å². The quantitative estimate of drug-likeness (QED) is 0.863. The highest BCUT2D eigenvalue weighted by atomic mass is 19.1. The third-order valence-electron chi connectivity index (χ3n) is 2.96. The SMILES string of the molecule is COc1cc(F)c(NC(=O)N(C)CCNC(=O)N(C)C)cc1F. The topological polar surface area (TPSA) is 73.9 Å². The number of nitrogens with zero attached hydrogens (tertiary/aromatic N) is 2. The fraction of sp³-hybridized carbons (Fsp3) is 0.429. The number of urea groups is 2. The van der Waals surface area contributed by atoms with Crippen molar-refractivity contribution in [2.45, 2.75) is 0 Å². The zero-order valence-electron chi connectivity index (χ0n) is 13.4. The molecule has 1 aromatic carbocycles. The maximum atomic E-state index is 13.7. The van der Waals surface area contributed by atoms with Gasteiger partial charge < -0.3 is 25.2 Å². The van der Waals surface area contributed by atoms with Crippen molar-refractivity contribution in [2.75, 3.05) is 46.7 Å². The van der Waals surface area contributed by atoms with E-state index in [1.54, 1.807) is 14.1 Å². The Morgan fingerprint density at radius 1 is 1.13 bits per heavy atom. The summed E-state index contributed by atoms with van der Waals surface area (Å²) in [7, 11) is 5.86. The van der Waals surface area contributed by atoms with E-state index in [0.29, 0.717) is 0 Å². The predicted molar refractivity (Wildman–Crippen MR) is 81.6 cm³/mol. The molecule has 0 fully saturated rings. The molecule has 0 radical (unpaired) electrons. The van der Waals surface area contributed by atoms with Gasteiger partial charge in [-0.25, -0.2) is 18.4 Å². The third-order valence-corrected chi connectivity index (χ3v) is 2.96. The van der Waals surface area contributed by atoms with Gasteiger partial charge in [0.15, 0.2) is 17.4 Å². The molecule has 0 aliphatic rings. The molecule has 0 aromatic heterocycles. The highest BCUT2D eigenvalue weighted by molar-refractivity contribution is 5.89. The van der Waals surface area contributed by atoms with Gasteiger partial charge >= 0.3 is 12.1 Å². The molecule has 128 valence electrons. The number of rotatable bonds is 5. The van der Waals surface area contributed by atoms with E-state index in [1.165, 1.54) is 24.0 Å². The first-order valence-corrected chi connectivity index (χ1v) is 6.76. The number of likely N-dealkylation sites (N-methyl/N-ethyl adjacent to an activating group) is 1. The normalized spacial score (nSPS) is 10.0. The Morgan fingerprint density at radius 3 is 2.35 bits per heavy atom. The molecule has 0 saturated carbocycles. The van der Waals surface area contributed by atoms with Crippen LogP contribution >= 0.6 is 0 Å². The van der Waals surface area contributed by atoms with Gasteiger partial charge in [0.2, 0.25) is 0 Å². The van der Waals surface area contributed by atoms with Gasteiger partial charge in [0, 0.05) is 46.4 Å². The lowest BCUT2D eigenvalue weighted by Gasteiger charge is -2.19. The molecule has 9 heteroatoms. The molecule has 7 nitrogen and oxygen atoms in total. The molecule has 0 atom stereocenters. The summed E-state index contributed by atoms with van der Waals surface area (Å²) < 4.78 is 31.9. The first-order valence-electron chi connectivity index (χ1n) is 6.76. The Bertz CT molecular complexity index is 581. The molecule has 0 spiro atoms. The summed E-state index contributed by atoms with van der Waals surface area (Å²) in [5.74, 6) is -1.85. The molecule has 23 heavy (non-hydrogen) atoms. The van der Waals surface area contributed by atoms with E-state index in [-0.39, 0.29) is 30.6 Å². The Hall–Kier alpha value is -2.58. The minimum Gasteiger partial charge on any atom is -0.494 e. The number of amides is 4. The molecule has 0 saturated heterocycles. The molecule has 0 unspecified atom stereocenters. The van der Waals surface area contributed by atoms with E-state index in [1.807, 2.05) is 0 Å². The number of methoxy groups -OCH3 is 1. The number of carbonyl (C=O) groups is 2. The summed E-state index contributed by atoms with van der Waals surface area (Å²) in [6.07, 6.45) is 0. The van der Waals surface area contributed by atoms with Crippen molar-refractivity contribution < 1.29 is 23.1 Å². The van der Waals surface area contributed by atoms with Gasteiger partial charge in [-0.3, -0.25) is 0 Å². The summed E-state index contributed by atoms with van der Waals surface area (Å²) in [6, 6.07) is 0.769. The van der Waals surface area contributed by atoms with Gasteiger partial charge in [-0.05, 0) is 0 Å². The summed E-state index contributed by atoms with van der Waals surface area (Å²) in [5.41, 5.74) is -0.294. The molecule has 2 N–H and O–H groups in total. The van der Waals surface area contributed by atoms with Crippen molar-refractivity contribution in [1.82, 2.24) is 15.1 Å². The van der Waals surface area contributed by atoms with E-state index in [9.17, 15) is 18.4 Å². The average Bonchev–Trinajstić information content (AvgIpc) is 2.49. The summed E-state index contributed by atoms with van der Waals surface area (Å²) in [4.78, 5) is 25.8. The van der Waals surface area contributed by atoms with E-state index in [0.717, 1.165) is 12.1 Å². The Kier molecular flexibility index (Phi) is 6.55. The van der Waals surface area contributed by atoms with E-state index < -0.39 is 17.7 Å². The second kappa shape index (κ2) is 8.16. The fourth-order valence-corrected chi connectivity index (χ4v) is 1.58. The van der Waals surface area contributed by atoms with Crippen molar-refractivity contribution in [2.24, 2.45) is 0 Å². The summed E-state index contributed by atoms with van der Waals surface area (Å²) >= 11 is 0. The standard InChI is InChI=1S/C14H20F2N4O3/c1-19(2)13(21)17-5-6-20(3)14(22)18-11-7-10(16)12(23-4)8-9(11)15/h7-8H,5-6H2,1-4H3,(H,17,21)(H,18,22). The highest BCUT2D eigenvalue weighted by Crippen LogP contribution is 2.24. The van der Waals surface area contributed by atoms with Crippen molar-refractivity contribution in [3.8, 4) is 5.75 Å². The minimum atomic E-state index is -0.814. The number of halogens is 2. The largest absolute Gasteiger partial charge is 0.494 e. The van der Waals surface area contributed by atoms with Crippen LogP contribution in [-0.4, -0.2) is 63.2 Å². The number of hydrogen-bond acceptors (Lipinski definition) is 3. The fourth-order valence-electron chi connectivity index (χ4n) is 1.58. The highest BCUT2D eigenvalue weighted by Gasteiger charge is 2.15. The maximum Gasteiger partial charge on any atom is 0.321 e. The molecule has 0 aliphatic heterocycles. The predicted octanol–water partition coefficient (Wildman–Crippen LogP) is 1.71. The summed E-state index contributed by atoms with van der Waals surface area (Å²) in [5, 5.41) is 4.84. The van der Waals surface area contributed by atoms with Crippen LogP contribution in [0.4, 0.5) is 24.1 Å². The lowest BCUT2D eigenvalue weighted by molar-refractivity contribution is 0.211. The van der Waals surface area contributed by atoms with Crippen LogP contribution < -0.4 is 15.4 Å². The second-order valence-corrected chi connectivity index (χ2v) is 4.94. The number of nitrogens with one attached hydrogen (secondary N) is 2. The van der Waals surface area contributed by atoms with Crippen LogP contribution in [0.5, 0.6) is 5.75 Å². The number of ether oxygens (including phenoxy) is 1. The molecule has 0 heterocycles. The van der Waals surface area contributed by atoms with Crippen molar-refractivity contribution in [1.29, 1.82) is 0 Å². The molecule has 1 rings (SSSR count). The molecule has 0 bridgehead atoms. The van der Waals surface area contributed by atoms with Crippen LogP contribution in [0.15, 0.2) is 12.1 Å². The van der Waals surface area contributed by atoms with Crippen LogP contribution in [0.2, 0.25) is 0 Å². The third kappa shape index (κ3) is 5.28. The number of benzene rings is 1. The monoisotopic (exact) mass is 330 g/mol. The van der Waals surface area contributed by atoms with Gasteiger partial charge in [0.25, 0.3) is 0 Å². The van der Waals surface area contributed by atoms with E-state index in [2.05, 4.69) is 15.4 Å². The first kappa shape index (κ1) is 18.5. The van der Waals surface area contributed by atoms with Crippen LogP contribution in [0.25, 0.3) is 0 Å². The van der Waals surface area contributed by atoms with Crippen LogP contribution in [0.3, 0.4) is 0 Å². The maximum absolute atomic E-state index is 13.7. The zero-order chi connectivity index (χ0) is 17.6. The lowest BCUT2D eigenvalue weighted by Crippen LogP contribution is -2.41. The smallest absolute Gasteiger partial charge is 0.321 e. The molecular weight excluding hydrogens is 310 g/mol. The van der Waals surface area contributed by atoms with E-state index >= 15 is 0 Å².